The van der Waals surface area contributed by atoms with Crippen LogP contribution in [0.2, 0.25) is 0 Å². The summed E-state index contributed by atoms with van der Waals surface area (Å²) in [7, 11) is 0. The normalized spacial score (nSPS) is 24.3. The van der Waals surface area contributed by atoms with E-state index >= 15 is 0 Å². The largest absolute Gasteiger partial charge is 0.341 e. The van der Waals surface area contributed by atoms with Crippen LogP contribution in [0.3, 0.4) is 0 Å². The first-order chi connectivity index (χ1) is 14.2. The Hall–Kier alpha value is -2.13. The summed E-state index contributed by atoms with van der Waals surface area (Å²) in [5.41, 5.74) is 3.96. The van der Waals surface area contributed by atoms with Crippen LogP contribution in [0.5, 0.6) is 0 Å². The molecule has 3 atom stereocenters. The molecular weight excluding hydrogens is 356 g/mol. The Morgan fingerprint density at radius 3 is 2.17 bits per heavy atom. The zero-order chi connectivity index (χ0) is 20.8. The topological polar surface area (TPSA) is 23.6 Å². The van der Waals surface area contributed by atoms with Crippen LogP contribution in [0.4, 0.5) is 0 Å². The number of fused-ring (bicyclic) bond motifs is 1. The average Bonchev–Trinajstić information content (AvgIpc) is 2.75. The Bertz CT molecular complexity index is 771. The van der Waals surface area contributed by atoms with Gasteiger partial charge in [0.15, 0.2) is 0 Å². The summed E-state index contributed by atoms with van der Waals surface area (Å²) < 4.78 is 0. The van der Waals surface area contributed by atoms with E-state index in [1.165, 1.54) is 36.1 Å². The molecule has 2 heterocycles. The molecule has 3 unspecified atom stereocenters. The lowest BCUT2D eigenvalue weighted by Crippen LogP contribution is -2.66. The maximum Gasteiger partial charge on any atom is 0.219 e. The highest BCUT2D eigenvalue weighted by molar-refractivity contribution is 5.73. The number of rotatable bonds is 3. The first-order valence-electron chi connectivity index (χ1n) is 11.4. The summed E-state index contributed by atoms with van der Waals surface area (Å²) in [6, 6.07) is 20.7. The van der Waals surface area contributed by atoms with Crippen LogP contribution >= 0.6 is 0 Å². The van der Waals surface area contributed by atoms with Crippen LogP contribution in [-0.4, -0.2) is 47.4 Å². The number of carbonyl (C=O) groups is 1. The molecule has 0 N–H and O–H groups in total. The fourth-order valence-corrected chi connectivity index (χ4v) is 5.02. The maximum atomic E-state index is 12.0. The van der Waals surface area contributed by atoms with Crippen LogP contribution in [-0.2, 0) is 4.79 Å². The van der Waals surface area contributed by atoms with Crippen molar-refractivity contribution in [3.63, 3.8) is 0 Å². The van der Waals surface area contributed by atoms with Crippen molar-refractivity contribution in [2.75, 3.05) is 19.6 Å². The van der Waals surface area contributed by atoms with Gasteiger partial charge in [0.1, 0.15) is 0 Å². The van der Waals surface area contributed by atoms with E-state index in [2.05, 4.69) is 71.3 Å². The van der Waals surface area contributed by atoms with Gasteiger partial charge in [-0.05, 0) is 42.5 Å². The van der Waals surface area contributed by atoms with Gasteiger partial charge in [0, 0.05) is 38.0 Å². The predicted molar refractivity (Wildman–Crippen MR) is 122 cm³/mol. The molecule has 0 spiro atoms. The molecule has 2 aliphatic rings. The molecule has 2 aromatic rings. The first-order valence-corrected chi connectivity index (χ1v) is 11.4. The summed E-state index contributed by atoms with van der Waals surface area (Å²) in [6.07, 6.45) is 3.48. The number of hydrogen-bond donors (Lipinski definition) is 0. The molecule has 0 aromatic heterocycles. The highest BCUT2D eigenvalue weighted by Crippen LogP contribution is 2.43. The third-order valence-corrected chi connectivity index (χ3v) is 6.45. The highest BCUT2D eigenvalue weighted by atomic mass is 16.2. The molecule has 2 aromatic carbocycles. The van der Waals surface area contributed by atoms with Crippen LogP contribution in [0.1, 0.15) is 58.4 Å². The van der Waals surface area contributed by atoms with Crippen LogP contribution in [0.15, 0.2) is 54.6 Å². The van der Waals surface area contributed by atoms with Crippen molar-refractivity contribution >= 4 is 5.91 Å². The second-order valence-corrected chi connectivity index (χ2v) is 7.97. The molecule has 0 aliphatic carbocycles. The van der Waals surface area contributed by atoms with Crippen molar-refractivity contribution in [2.24, 2.45) is 0 Å². The molecule has 1 amide bonds. The summed E-state index contributed by atoms with van der Waals surface area (Å²) in [5.74, 6) is 0.745. The van der Waals surface area contributed by atoms with E-state index in [-0.39, 0.29) is 5.91 Å². The lowest BCUT2D eigenvalue weighted by Gasteiger charge is -2.57. The molecule has 2 fully saturated rings. The average molecular weight is 393 g/mol. The second kappa shape index (κ2) is 10.1. The van der Waals surface area contributed by atoms with Crippen molar-refractivity contribution in [2.45, 2.75) is 65.0 Å². The first kappa shape index (κ1) is 21.6. The van der Waals surface area contributed by atoms with E-state index in [0.717, 1.165) is 19.5 Å². The fraction of sp³-hybridized carbons (Fsp3) is 0.500. The smallest absolute Gasteiger partial charge is 0.219 e. The second-order valence-electron chi connectivity index (χ2n) is 7.97. The summed E-state index contributed by atoms with van der Waals surface area (Å²) in [4.78, 5) is 16.8. The van der Waals surface area contributed by atoms with Crippen molar-refractivity contribution in [1.29, 1.82) is 0 Å². The number of carbonyl (C=O) groups excluding carboxylic acids is 1. The van der Waals surface area contributed by atoms with E-state index in [4.69, 9.17) is 0 Å². The molecule has 0 radical (unpaired) electrons. The number of amides is 1. The molecule has 2 aliphatic heterocycles. The molecule has 29 heavy (non-hydrogen) atoms. The van der Waals surface area contributed by atoms with E-state index < -0.39 is 0 Å². The van der Waals surface area contributed by atoms with Crippen LogP contribution < -0.4 is 0 Å². The Kier molecular flexibility index (Phi) is 7.49. The van der Waals surface area contributed by atoms with Crippen molar-refractivity contribution in [1.82, 2.24) is 9.80 Å². The monoisotopic (exact) mass is 392 g/mol. The van der Waals surface area contributed by atoms with Gasteiger partial charge in [-0.25, -0.2) is 0 Å². The molecular formula is C26H36N2O. The van der Waals surface area contributed by atoms with E-state index in [1.807, 2.05) is 13.8 Å². The third kappa shape index (κ3) is 4.56. The molecule has 4 rings (SSSR count). The van der Waals surface area contributed by atoms with Gasteiger partial charge in [-0.15, -0.1) is 0 Å². The van der Waals surface area contributed by atoms with Gasteiger partial charge in [-0.2, -0.15) is 0 Å². The lowest BCUT2D eigenvalue weighted by atomic mass is 9.73. The van der Waals surface area contributed by atoms with Gasteiger partial charge < -0.3 is 4.90 Å². The number of benzene rings is 2. The standard InChI is InChI=1S/C24H30N2O.C2H6/c1-3-22-24(23-17-25(18(2)27)15-7-8-16-26(22)23)21-13-11-20(12-14-21)19-9-5-4-6-10-19;1-2/h4-6,9-14,22-24H,3,7-8,15-17H2,1-2H3;1-2H3. The Labute approximate surface area is 176 Å². The van der Waals surface area contributed by atoms with Gasteiger partial charge in [0.05, 0.1) is 0 Å². The van der Waals surface area contributed by atoms with Gasteiger partial charge in [-0.1, -0.05) is 75.4 Å². The van der Waals surface area contributed by atoms with Crippen molar-refractivity contribution in [3.8, 4) is 11.1 Å². The van der Waals surface area contributed by atoms with Crippen LogP contribution in [0.25, 0.3) is 11.1 Å². The summed E-state index contributed by atoms with van der Waals surface area (Å²) in [6.45, 7) is 11.0. The summed E-state index contributed by atoms with van der Waals surface area (Å²) in [5, 5.41) is 0. The van der Waals surface area contributed by atoms with E-state index in [9.17, 15) is 4.79 Å². The lowest BCUT2D eigenvalue weighted by molar-refractivity contribution is -0.133. The molecule has 0 saturated carbocycles. The van der Waals surface area contributed by atoms with E-state index in [1.54, 1.807) is 6.92 Å². The predicted octanol–water partition coefficient (Wildman–Crippen LogP) is 5.57. The Morgan fingerprint density at radius 1 is 0.931 bits per heavy atom. The SMILES string of the molecule is CC.CCC1C(c2ccc(-c3ccccc3)cc2)C2CN(C(C)=O)CCCCN12. The minimum atomic E-state index is 0.218. The zero-order valence-electron chi connectivity index (χ0n) is 18.5. The van der Waals surface area contributed by atoms with Crippen molar-refractivity contribution in [3.05, 3.63) is 60.2 Å². The quantitative estimate of drug-likeness (QED) is 0.682. The van der Waals surface area contributed by atoms with Crippen molar-refractivity contribution < 1.29 is 4.79 Å². The minimum absolute atomic E-state index is 0.218. The number of nitrogens with zero attached hydrogens (tertiary/aromatic N) is 2. The van der Waals surface area contributed by atoms with Gasteiger partial charge in [-0.3, -0.25) is 9.69 Å². The maximum absolute atomic E-state index is 12.0. The Morgan fingerprint density at radius 2 is 1.55 bits per heavy atom. The van der Waals surface area contributed by atoms with Gasteiger partial charge in [0.2, 0.25) is 5.91 Å². The van der Waals surface area contributed by atoms with Gasteiger partial charge in [0.25, 0.3) is 0 Å². The molecule has 0 bridgehead atoms. The van der Waals surface area contributed by atoms with Crippen LogP contribution in [0, 0.1) is 0 Å². The Balaban J connectivity index is 0.00000117. The highest BCUT2D eigenvalue weighted by Gasteiger charge is 2.48. The zero-order valence-corrected chi connectivity index (χ0v) is 18.5. The third-order valence-electron chi connectivity index (χ3n) is 6.45. The molecule has 2 saturated heterocycles. The minimum Gasteiger partial charge on any atom is -0.341 e. The summed E-state index contributed by atoms with van der Waals surface area (Å²) >= 11 is 0. The number of hydrogen-bond acceptors (Lipinski definition) is 2. The molecule has 3 heteroatoms. The molecule has 156 valence electrons. The van der Waals surface area contributed by atoms with Gasteiger partial charge >= 0.3 is 0 Å². The fourth-order valence-electron chi connectivity index (χ4n) is 5.02. The van der Waals surface area contributed by atoms with E-state index in [0.29, 0.717) is 18.0 Å². The molecule has 3 nitrogen and oxygen atoms in total.